The average Bonchev–Trinajstić information content (AvgIpc) is 2.58. The summed E-state index contributed by atoms with van der Waals surface area (Å²) in [5.41, 5.74) is 5.61. The summed E-state index contributed by atoms with van der Waals surface area (Å²) in [7, 11) is 1.24. The van der Waals surface area contributed by atoms with Gasteiger partial charge >= 0.3 is 11.9 Å². The lowest BCUT2D eigenvalue weighted by atomic mass is 10.3. The Balaban J connectivity index is 2.77. The first-order valence-corrected chi connectivity index (χ1v) is 4.65. The van der Waals surface area contributed by atoms with Gasteiger partial charge in [0.2, 0.25) is 0 Å². The Labute approximate surface area is 92.1 Å². The highest BCUT2D eigenvalue weighted by atomic mass is 16.5. The third-order valence-corrected chi connectivity index (χ3v) is 1.79. The minimum absolute atomic E-state index is 0.0242. The molecule has 0 aliphatic heterocycles. The lowest BCUT2D eigenvalue weighted by molar-refractivity contribution is -0.144. The zero-order valence-electron chi connectivity index (χ0n) is 9.10. The highest BCUT2D eigenvalue weighted by molar-refractivity contribution is 5.93. The molecule has 0 saturated carbocycles. The summed E-state index contributed by atoms with van der Waals surface area (Å²) in [6, 6.07) is 0. The molecule has 0 fully saturated rings. The summed E-state index contributed by atoms with van der Waals surface area (Å²) in [6.45, 7) is 1.91. The number of anilines is 1. The number of esters is 2. The summed E-state index contributed by atoms with van der Waals surface area (Å²) >= 11 is 0. The topological polar surface area (TPSA) is 96.4 Å². The Kier molecular flexibility index (Phi) is 3.87. The molecule has 0 atom stereocenters. The number of methoxy groups -OCH3 is 1. The van der Waals surface area contributed by atoms with Gasteiger partial charge in [0.05, 0.1) is 13.7 Å². The van der Waals surface area contributed by atoms with Crippen molar-refractivity contribution in [1.29, 1.82) is 0 Å². The van der Waals surface area contributed by atoms with Crippen LogP contribution < -0.4 is 5.73 Å². The molecule has 0 aliphatic carbocycles. The molecule has 0 aliphatic rings. The van der Waals surface area contributed by atoms with Gasteiger partial charge in [-0.3, -0.25) is 9.48 Å². The molecule has 0 amide bonds. The number of rotatable bonds is 4. The maximum atomic E-state index is 11.2. The standard InChI is InChI=1S/C9H13N3O4/c1-3-16-7(13)5-12-4-6(8(10)11-12)9(14)15-2/h4H,3,5H2,1-2H3,(H2,10,11). The molecule has 7 nitrogen and oxygen atoms in total. The molecular weight excluding hydrogens is 214 g/mol. The maximum absolute atomic E-state index is 11.2. The van der Waals surface area contributed by atoms with Crippen LogP contribution >= 0.6 is 0 Å². The van der Waals surface area contributed by atoms with Gasteiger partial charge in [0, 0.05) is 6.20 Å². The Hall–Kier alpha value is -2.05. The lowest BCUT2D eigenvalue weighted by Crippen LogP contribution is -2.13. The van der Waals surface area contributed by atoms with Gasteiger partial charge in [-0.1, -0.05) is 0 Å². The monoisotopic (exact) mass is 227 g/mol. The molecule has 16 heavy (non-hydrogen) atoms. The Morgan fingerprint density at radius 1 is 1.56 bits per heavy atom. The van der Waals surface area contributed by atoms with Crippen LogP contribution in [-0.2, 0) is 20.8 Å². The van der Waals surface area contributed by atoms with Crippen molar-refractivity contribution in [1.82, 2.24) is 9.78 Å². The summed E-state index contributed by atoms with van der Waals surface area (Å²) in [5.74, 6) is -1.01. The van der Waals surface area contributed by atoms with Crippen molar-refractivity contribution in [2.24, 2.45) is 0 Å². The highest BCUT2D eigenvalue weighted by Crippen LogP contribution is 2.10. The second-order valence-corrected chi connectivity index (χ2v) is 2.92. The van der Waals surface area contributed by atoms with E-state index in [4.69, 9.17) is 10.5 Å². The summed E-state index contributed by atoms with van der Waals surface area (Å²) in [5, 5.41) is 3.79. The number of nitrogen functional groups attached to an aromatic ring is 1. The van der Waals surface area contributed by atoms with E-state index in [2.05, 4.69) is 9.84 Å². The predicted octanol–water partition coefficient (Wildman–Crippen LogP) is -0.185. The average molecular weight is 227 g/mol. The fourth-order valence-corrected chi connectivity index (χ4v) is 1.12. The van der Waals surface area contributed by atoms with Crippen molar-refractivity contribution in [3.63, 3.8) is 0 Å². The molecular formula is C9H13N3O4. The van der Waals surface area contributed by atoms with Crippen LogP contribution in [0.4, 0.5) is 5.82 Å². The van der Waals surface area contributed by atoms with Crippen molar-refractivity contribution < 1.29 is 19.1 Å². The molecule has 1 rings (SSSR count). The molecule has 2 N–H and O–H groups in total. The number of carbonyl (C=O) groups excluding carboxylic acids is 2. The molecule has 0 radical (unpaired) electrons. The number of ether oxygens (including phenoxy) is 2. The van der Waals surface area contributed by atoms with Crippen LogP contribution in [0.15, 0.2) is 6.20 Å². The maximum Gasteiger partial charge on any atom is 0.343 e. The minimum atomic E-state index is -0.590. The van der Waals surface area contributed by atoms with Crippen molar-refractivity contribution >= 4 is 17.8 Å². The van der Waals surface area contributed by atoms with Gasteiger partial charge in [0.25, 0.3) is 0 Å². The van der Waals surface area contributed by atoms with E-state index in [1.807, 2.05) is 0 Å². The van der Waals surface area contributed by atoms with Crippen LogP contribution in [0.1, 0.15) is 17.3 Å². The number of hydrogen-bond donors (Lipinski definition) is 1. The molecule has 7 heteroatoms. The molecule has 1 aromatic rings. The molecule has 0 bridgehead atoms. The van der Waals surface area contributed by atoms with Crippen LogP contribution in [0, 0.1) is 0 Å². The first-order valence-electron chi connectivity index (χ1n) is 4.65. The third-order valence-electron chi connectivity index (χ3n) is 1.79. The molecule has 0 spiro atoms. The van der Waals surface area contributed by atoms with E-state index >= 15 is 0 Å². The number of aromatic nitrogens is 2. The van der Waals surface area contributed by atoms with E-state index < -0.39 is 11.9 Å². The first kappa shape index (κ1) is 12.0. The van der Waals surface area contributed by atoms with Crippen LogP contribution in [0.5, 0.6) is 0 Å². The lowest BCUT2D eigenvalue weighted by Gasteiger charge is -2.00. The number of nitrogens with two attached hydrogens (primary N) is 1. The van der Waals surface area contributed by atoms with E-state index in [-0.39, 0.29) is 17.9 Å². The van der Waals surface area contributed by atoms with Gasteiger partial charge in [-0.15, -0.1) is 0 Å². The largest absolute Gasteiger partial charge is 0.465 e. The summed E-state index contributed by atoms with van der Waals surface area (Å²) in [4.78, 5) is 22.3. The zero-order chi connectivity index (χ0) is 12.1. The molecule has 1 heterocycles. The van der Waals surface area contributed by atoms with E-state index in [1.54, 1.807) is 6.92 Å². The van der Waals surface area contributed by atoms with Crippen LogP contribution in [0.25, 0.3) is 0 Å². The van der Waals surface area contributed by atoms with E-state index in [9.17, 15) is 9.59 Å². The number of nitrogens with zero attached hydrogens (tertiary/aromatic N) is 2. The van der Waals surface area contributed by atoms with Crippen LogP contribution in [-0.4, -0.2) is 35.4 Å². The van der Waals surface area contributed by atoms with Gasteiger partial charge in [-0.25, -0.2) is 4.79 Å². The van der Waals surface area contributed by atoms with Gasteiger partial charge in [0.1, 0.15) is 12.1 Å². The van der Waals surface area contributed by atoms with E-state index in [0.29, 0.717) is 6.61 Å². The van der Waals surface area contributed by atoms with Crippen molar-refractivity contribution in [3.8, 4) is 0 Å². The van der Waals surface area contributed by atoms with Crippen molar-refractivity contribution in [2.75, 3.05) is 19.5 Å². The molecule has 88 valence electrons. The number of carbonyl (C=O) groups is 2. The van der Waals surface area contributed by atoms with Gasteiger partial charge in [-0.05, 0) is 6.92 Å². The van der Waals surface area contributed by atoms with Gasteiger partial charge < -0.3 is 15.2 Å². The second kappa shape index (κ2) is 5.15. The van der Waals surface area contributed by atoms with Crippen molar-refractivity contribution in [2.45, 2.75) is 13.5 Å². The SMILES string of the molecule is CCOC(=O)Cn1cc(C(=O)OC)c(N)n1. The predicted molar refractivity (Wildman–Crippen MR) is 54.6 cm³/mol. The minimum Gasteiger partial charge on any atom is -0.465 e. The molecule has 1 aromatic heterocycles. The fourth-order valence-electron chi connectivity index (χ4n) is 1.12. The fraction of sp³-hybridized carbons (Fsp3) is 0.444. The summed E-state index contributed by atoms with van der Waals surface area (Å²) in [6.07, 6.45) is 1.35. The normalized spacial score (nSPS) is 9.88. The van der Waals surface area contributed by atoms with Crippen LogP contribution in [0.2, 0.25) is 0 Å². The second-order valence-electron chi connectivity index (χ2n) is 2.92. The Bertz CT molecular complexity index is 399. The highest BCUT2D eigenvalue weighted by Gasteiger charge is 2.15. The Morgan fingerprint density at radius 2 is 2.25 bits per heavy atom. The van der Waals surface area contributed by atoms with Crippen molar-refractivity contribution in [3.05, 3.63) is 11.8 Å². The van der Waals surface area contributed by atoms with E-state index in [1.165, 1.54) is 18.0 Å². The van der Waals surface area contributed by atoms with Gasteiger partial charge in [-0.2, -0.15) is 5.10 Å². The zero-order valence-corrected chi connectivity index (χ0v) is 9.10. The van der Waals surface area contributed by atoms with Gasteiger partial charge in [0.15, 0.2) is 5.82 Å². The quantitative estimate of drug-likeness (QED) is 0.716. The first-order chi connectivity index (χ1) is 7.58. The van der Waals surface area contributed by atoms with E-state index in [0.717, 1.165) is 0 Å². The molecule has 0 unspecified atom stereocenters. The number of hydrogen-bond acceptors (Lipinski definition) is 6. The third kappa shape index (κ3) is 2.72. The summed E-state index contributed by atoms with van der Waals surface area (Å²) < 4.78 is 10.5. The molecule has 0 aromatic carbocycles. The molecule has 0 saturated heterocycles. The Morgan fingerprint density at radius 3 is 2.81 bits per heavy atom. The smallest absolute Gasteiger partial charge is 0.343 e. The van der Waals surface area contributed by atoms with Crippen LogP contribution in [0.3, 0.4) is 0 Å².